The fraction of sp³-hybridized carbons (Fsp3) is 0.0714. The van der Waals surface area contributed by atoms with E-state index in [9.17, 15) is 15.2 Å². The van der Waals surface area contributed by atoms with E-state index in [-0.39, 0.29) is 11.4 Å². The molecule has 2 aromatic carbocycles. The Kier molecular flexibility index (Phi) is 4.14. The summed E-state index contributed by atoms with van der Waals surface area (Å²) < 4.78 is 0.981. The van der Waals surface area contributed by atoms with Crippen molar-refractivity contribution in [3.05, 3.63) is 62.1 Å². The molecule has 0 aliphatic carbocycles. The molecule has 0 saturated carbocycles. The van der Waals surface area contributed by atoms with Crippen LogP contribution in [-0.4, -0.2) is 16.2 Å². The second-order valence-electron chi connectivity index (χ2n) is 4.16. The molecule has 0 bridgehead atoms. The van der Waals surface area contributed by atoms with Crippen LogP contribution in [0.5, 0.6) is 5.75 Å². The van der Waals surface area contributed by atoms with E-state index < -0.39 is 4.92 Å². The van der Waals surface area contributed by atoms with Gasteiger partial charge in [0.05, 0.1) is 10.6 Å². The molecule has 1 N–H and O–H groups in total. The summed E-state index contributed by atoms with van der Waals surface area (Å²) in [6, 6.07) is 9.87. The van der Waals surface area contributed by atoms with Crippen molar-refractivity contribution >= 4 is 33.5 Å². The zero-order chi connectivity index (χ0) is 14.7. The van der Waals surface area contributed by atoms with E-state index in [0.717, 1.165) is 10.0 Å². The Balaban J connectivity index is 2.34. The standard InChI is InChI=1S/C14H11BrN2O3/c1-9-7-11(5-6-12(9)15)16-8-10-3-2-4-13(14(10)18)17(19)20/h2-8,18H,1H3. The highest BCUT2D eigenvalue weighted by Gasteiger charge is 2.14. The summed E-state index contributed by atoms with van der Waals surface area (Å²) in [6.07, 6.45) is 1.41. The molecule has 0 atom stereocenters. The van der Waals surface area contributed by atoms with Gasteiger partial charge in [-0.2, -0.15) is 0 Å². The first kappa shape index (κ1) is 14.2. The van der Waals surface area contributed by atoms with Crippen LogP contribution in [0.3, 0.4) is 0 Å². The van der Waals surface area contributed by atoms with Gasteiger partial charge in [0.1, 0.15) is 0 Å². The highest BCUT2D eigenvalue weighted by atomic mass is 79.9. The first-order chi connectivity index (χ1) is 9.49. The Morgan fingerprint density at radius 3 is 2.75 bits per heavy atom. The fourth-order valence-corrected chi connectivity index (χ4v) is 1.90. The predicted molar refractivity (Wildman–Crippen MR) is 80.9 cm³/mol. The molecule has 0 fully saturated rings. The minimum atomic E-state index is -0.629. The van der Waals surface area contributed by atoms with Gasteiger partial charge < -0.3 is 5.11 Å². The molecule has 20 heavy (non-hydrogen) atoms. The normalized spacial score (nSPS) is 10.9. The van der Waals surface area contributed by atoms with Gasteiger partial charge in [-0.25, -0.2) is 0 Å². The number of para-hydroxylation sites is 1. The molecule has 2 aromatic rings. The Labute approximate surface area is 123 Å². The second-order valence-corrected chi connectivity index (χ2v) is 5.02. The molecule has 0 aromatic heterocycles. The van der Waals surface area contributed by atoms with E-state index in [2.05, 4.69) is 20.9 Å². The summed E-state index contributed by atoms with van der Waals surface area (Å²) in [4.78, 5) is 14.3. The molecular weight excluding hydrogens is 324 g/mol. The van der Waals surface area contributed by atoms with Crippen LogP contribution in [0.1, 0.15) is 11.1 Å². The highest BCUT2D eigenvalue weighted by Crippen LogP contribution is 2.29. The van der Waals surface area contributed by atoms with Crippen molar-refractivity contribution in [2.24, 2.45) is 4.99 Å². The number of aliphatic imine (C=N–C) groups is 1. The molecule has 5 nitrogen and oxygen atoms in total. The topological polar surface area (TPSA) is 75.7 Å². The Bertz CT molecular complexity index is 699. The quantitative estimate of drug-likeness (QED) is 0.521. The molecule has 0 spiro atoms. The molecule has 2 rings (SSSR count). The van der Waals surface area contributed by atoms with Gasteiger partial charge in [-0.15, -0.1) is 0 Å². The third kappa shape index (κ3) is 3.03. The number of rotatable bonds is 3. The molecule has 0 aliphatic rings. The second kappa shape index (κ2) is 5.83. The maximum atomic E-state index is 10.7. The van der Waals surface area contributed by atoms with E-state index in [1.165, 1.54) is 18.3 Å². The molecule has 0 amide bonds. The Morgan fingerprint density at radius 2 is 2.10 bits per heavy atom. The van der Waals surface area contributed by atoms with E-state index in [1.54, 1.807) is 6.07 Å². The van der Waals surface area contributed by atoms with Crippen LogP contribution in [0.2, 0.25) is 0 Å². The lowest BCUT2D eigenvalue weighted by Gasteiger charge is -2.01. The largest absolute Gasteiger partial charge is 0.502 e. The minimum absolute atomic E-state index is 0.305. The van der Waals surface area contributed by atoms with E-state index >= 15 is 0 Å². The third-order valence-corrected chi connectivity index (χ3v) is 3.63. The number of hydrogen-bond donors (Lipinski definition) is 1. The highest BCUT2D eigenvalue weighted by molar-refractivity contribution is 9.10. The fourth-order valence-electron chi connectivity index (χ4n) is 1.65. The summed E-state index contributed by atoms with van der Waals surface area (Å²) in [5.74, 6) is -0.380. The lowest BCUT2D eigenvalue weighted by molar-refractivity contribution is -0.385. The van der Waals surface area contributed by atoms with Crippen molar-refractivity contribution in [1.29, 1.82) is 0 Å². The zero-order valence-electron chi connectivity index (χ0n) is 10.6. The molecule has 0 unspecified atom stereocenters. The van der Waals surface area contributed by atoms with Gasteiger partial charge in [-0.1, -0.05) is 22.0 Å². The number of phenols is 1. The number of halogens is 1. The molecule has 0 aliphatic heterocycles. The summed E-state index contributed by atoms with van der Waals surface area (Å²) in [5.41, 5.74) is 1.71. The van der Waals surface area contributed by atoms with Crippen LogP contribution in [-0.2, 0) is 0 Å². The van der Waals surface area contributed by atoms with Crippen LogP contribution < -0.4 is 0 Å². The summed E-state index contributed by atoms with van der Waals surface area (Å²) in [5, 5.41) is 20.5. The number of aromatic hydroxyl groups is 1. The number of phenolic OH excluding ortho intramolecular Hbond substituents is 1. The average molecular weight is 335 g/mol. The number of nitro groups is 1. The number of nitro benzene ring substituents is 1. The van der Waals surface area contributed by atoms with Crippen molar-refractivity contribution < 1.29 is 10.0 Å². The van der Waals surface area contributed by atoms with Crippen LogP contribution in [0.4, 0.5) is 11.4 Å². The number of nitrogens with zero attached hydrogens (tertiary/aromatic N) is 2. The van der Waals surface area contributed by atoms with E-state index in [0.29, 0.717) is 11.3 Å². The summed E-state index contributed by atoms with van der Waals surface area (Å²) in [6.45, 7) is 1.94. The smallest absolute Gasteiger partial charge is 0.311 e. The Hall–Kier alpha value is -2.21. The van der Waals surface area contributed by atoms with Crippen LogP contribution in [0, 0.1) is 17.0 Å². The predicted octanol–water partition coefficient (Wildman–Crippen LogP) is 4.12. The molecule has 0 saturated heterocycles. The molecule has 0 heterocycles. The van der Waals surface area contributed by atoms with Crippen molar-refractivity contribution in [1.82, 2.24) is 0 Å². The zero-order valence-corrected chi connectivity index (χ0v) is 12.2. The lowest BCUT2D eigenvalue weighted by Crippen LogP contribution is -1.91. The summed E-state index contributed by atoms with van der Waals surface area (Å²) >= 11 is 3.40. The monoisotopic (exact) mass is 334 g/mol. The molecule has 102 valence electrons. The van der Waals surface area contributed by atoms with Gasteiger partial charge in [0.25, 0.3) is 0 Å². The first-order valence-corrected chi connectivity index (χ1v) is 6.55. The minimum Gasteiger partial charge on any atom is -0.502 e. The van der Waals surface area contributed by atoms with Crippen LogP contribution in [0.25, 0.3) is 0 Å². The van der Waals surface area contributed by atoms with E-state index in [1.807, 2.05) is 25.1 Å². The maximum Gasteiger partial charge on any atom is 0.311 e. The van der Waals surface area contributed by atoms with Crippen LogP contribution >= 0.6 is 15.9 Å². The van der Waals surface area contributed by atoms with Gasteiger partial charge in [-0.3, -0.25) is 15.1 Å². The molecule has 0 radical (unpaired) electrons. The Morgan fingerprint density at radius 1 is 1.35 bits per heavy atom. The van der Waals surface area contributed by atoms with Crippen LogP contribution in [0.15, 0.2) is 45.9 Å². The first-order valence-electron chi connectivity index (χ1n) is 5.75. The van der Waals surface area contributed by atoms with Gasteiger partial charge in [0.15, 0.2) is 0 Å². The maximum absolute atomic E-state index is 10.7. The SMILES string of the molecule is Cc1cc(N=Cc2cccc([N+](=O)[O-])c2O)ccc1Br. The van der Waals surface area contributed by atoms with Crippen molar-refractivity contribution in [3.63, 3.8) is 0 Å². The van der Waals surface area contributed by atoms with Crippen molar-refractivity contribution in [3.8, 4) is 5.75 Å². The molecule has 6 heteroatoms. The van der Waals surface area contributed by atoms with E-state index in [4.69, 9.17) is 0 Å². The van der Waals surface area contributed by atoms with Gasteiger partial charge in [0, 0.05) is 22.3 Å². The summed E-state index contributed by atoms with van der Waals surface area (Å²) in [7, 11) is 0. The molecular formula is C14H11BrN2O3. The van der Waals surface area contributed by atoms with Crippen molar-refractivity contribution in [2.75, 3.05) is 0 Å². The van der Waals surface area contributed by atoms with Crippen molar-refractivity contribution in [2.45, 2.75) is 6.92 Å². The van der Waals surface area contributed by atoms with Gasteiger partial charge >= 0.3 is 5.69 Å². The van der Waals surface area contributed by atoms with Gasteiger partial charge in [-0.05, 0) is 36.8 Å². The third-order valence-electron chi connectivity index (χ3n) is 2.74. The average Bonchev–Trinajstić information content (AvgIpc) is 2.41. The van der Waals surface area contributed by atoms with Gasteiger partial charge in [0.2, 0.25) is 5.75 Å². The number of hydrogen-bond acceptors (Lipinski definition) is 4. The lowest BCUT2D eigenvalue weighted by atomic mass is 10.2. The number of benzene rings is 2. The number of aryl methyl sites for hydroxylation is 1.